The molecule has 0 aliphatic carbocycles. The third-order valence-electron chi connectivity index (χ3n) is 4.58. The molecular formula is C19H18ClN5O2. The molecule has 4 rings (SSSR count). The zero-order valence-corrected chi connectivity index (χ0v) is 15.5. The zero-order valence-electron chi connectivity index (χ0n) is 14.7. The second-order valence-corrected chi connectivity index (χ2v) is 6.87. The number of anilines is 3. The molecule has 0 saturated heterocycles. The minimum Gasteiger partial charge on any atom is -0.465 e. The summed E-state index contributed by atoms with van der Waals surface area (Å²) in [5.74, 6) is 0.853. The van der Waals surface area contributed by atoms with Gasteiger partial charge in [0.25, 0.3) is 0 Å². The van der Waals surface area contributed by atoms with Crippen LogP contribution in [0.15, 0.2) is 41.3 Å². The summed E-state index contributed by atoms with van der Waals surface area (Å²) in [7, 11) is 1.39. The maximum Gasteiger partial charge on any atom is 0.338 e. The van der Waals surface area contributed by atoms with E-state index >= 15 is 0 Å². The van der Waals surface area contributed by atoms with Crippen molar-refractivity contribution in [3.05, 3.63) is 52.4 Å². The Balaban J connectivity index is 1.78. The molecule has 2 aliphatic rings. The summed E-state index contributed by atoms with van der Waals surface area (Å²) in [6.07, 6.45) is 7.65. The van der Waals surface area contributed by atoms with Gasteiger partial charge in [0.05, 0.1) is 18.9 Å². The molecule has 1 atom stereocenters. The largest absolute Gasteiger partial charge is 0.465 e. The standard InChI is InChI=1S/C19H18ClN5O2/c1-27-18(26)15-5-4-13-7-12(15)3-2-11-6-14(9-21-8-11)24-19-22-10-16(20)17(23-13)25-19/h4-5,7-11H,2-3,6H2,1H3,(H2,22,23,24,25). The molecule has 27 heavy (non-hydrogen) atoms. The van der Waals surface area contributed by atoms with Crippen molar-refractivity contribution in [1.29, 1.82) is 0 Å². The smallest absolute Gasteiger partial charge is 0.338 e. The lowest BCUT2D eigenvalue weighted by molar-refractivity contribution is 0.0599. The number of methoxy groups -OCH3 is 1. The number of aliphatic imine (C=N–C) groups is 1. The zero-order chi connectivity index (χ0) is 18.8. The van der Waals surface area contributed by atoms with E-state index in [4.69, 9.17) is 16.3 Å². The van der Waals surface area contributed by atoms with Crippen molar-refractivity contribution in [2.45, 2.75) is 19.3 Å². The van der Waals surface area contributed by atoms with Gasteiger partial charge in [0, 0.05) is 29.7 Å². The Bertz CT molecular complexity index is 957. The maximum absolute atomic E-state index is 12.1. The van der Waals surface area contributed by atoms with Crippen LogP contribution in [-0.4, -0.2) is 29.3 Å². The van der Waals surface area contributed by atoms with Crippen molar-refractivity contribution in [3.8, 4) is 0 Å². The molecule has 0 saturated carbocycles. The lowest BCUT2D eigenvalue weighted by atomic mass is 9.93. The SMILES string of the molecule is COC(=O)c1ccc2cc1CCC1C=NC=C(C1)Nc1ncc(Cl)c(n1)N2. The molecule has 0 spiro atoms. The predicted octanol–water partition coefficient (Wildman–Crippen LogP) is 3.95. The van der Waals surface area contributed by atoms with E-state index in [1.54, 1.807) is 18.5 Å². The van der Waals surface area contributed by atoms with Crippen LogP contribution in [0.1, 0.15) is 28.8 Å². The fourth-order valence-electron chi connectivity index (χ4n) is 3.23. The first-order chi connectivity index (χ1) is 13.1. The lowest BCUT2D eigenvalue weighted by Crippen LogP contribution is -2.14. The van der Waals surface area contributed by atoms with Gasteiger partial charge < -0.3 is 15.4 Å². The van der Waals surface area contributed by atoms with E-state index in [9.17, 15) is 4.79 Å². The number of rotatable bonds is 1. The molecule has 1 unspecified atom stereocenters. The normalized spacial score (nSPS) is 18.0. The number of nitrogens with one attached hydrogen (secondary N) is 2. The Morgan fingerprint density at radius 1 is 1.33 bits per heavy atom. The molecule has 0 fully saturated rings. The Labute approximate surface area is 161 Å². The number of halogens is 1. The lowest BCUT2D eigenvalue weighted by Gasteiger charge is -2.18. The molecule has 0 amide bonds. The number of hydrogen-bond donors (Lipinski definition) is 2. The minimum absolute atomic E-state index is 0.257. The summed E-state index contributed by atoms with van der Waals surface area (Å²) in [4.78, 5) is 25.2. The third kappa shape index (κ3) is 3.78. The maximum atomic E-state index is 12.1. The average Bonchev–Trinajstić information content (AvgIpc) is 2.68. The second kappa shape index (κ2) is 7.36. The van der Waals surface area contributed by atoms with Crippen LogP contribution in [0, 0.1) is 5.92 Å². The van der Waals surface area contributed by atoms with Gasteiger partial charge in [-0.05, 0) is 43.0 Å². The van der Waals surface area contributed by atoms with Crippen LogP contribution in [0.5, 0.6) is 0 Å². The van der Waals surface area contributed by atoms with Crippen molar-refractivity contribution < 1.29 is 9.53 Å². The molecule has 2 aliphatic heterocycles. The van der Waals surface area contributed by atoms with Gasteiger partial charge in [0.2, 0.25) is 5.95 Å². The van der Waals surface area contributed by atoms with Crippen LogP contribution >= 0.6 is 11.6 Å². The van der Waals surface area contributed by atoms with Crippen molar-refractivity contribution in [2.75, 3.05) is 17.7 Å². The topological polar surface area (TPSA) is 88.5 Å². The van der Waals surface area contributed by atoms with E-state index < -0.39 is 0 Å². The average molecular weight is 384 g/mol. The number of nitrogens with zero attached hydrogens (tertiary/aromatic N) is 3. The Morgan fingerprint density at radius 2 is 2.22 bits per heavy atom. The molecule has 2 aromatic rings. The number of aryl methyl sites for hydroxylation is 1. The van der Waals surface area contributed by atoms with Crippen molar-refractivity contribution >= 4 is 41.2 Å². The van der Waals surface area contributed by atoms with E-state index in [1.165, 1.54) is 7.11 Å². The van der Waals surface area contributed by atoms with Crippen molar-refractivity contribution in [3.63, 3.8) is 0 Å². The van der Waals surface area contributed by atoms with Gasteiger partial charge in [0.1, 0.15) is 5.02 Å². The van der Waals surface area contributed by atoms with Gasteiger partial charge in [-0.25, -0.2) is 9.78 Å². The van der Waals surface area contributed by atoms with Crippen molar-refractivity contribution in [1.82, 2.24) is 9.97 Å². The molecule has 1 aromatic heterocycles. The van der Waals surface area contributed by atoms with Gasteiger partial charge in [-0.3, -0.25) is 4.99 Å². The highest BCUT2D eigenvalue weighted by molar-refractivity contribution is 6.32. The number of hydrogen-bond acceptors (Lipinski definition) is 7. The molecule has 3 heterocycles. The van der Waals surface area contributed by atoms with E-state index in [0.717, 1.165) is 36.2 Å². The van der Waals surface area contributed by atoms with Crippen LogP contribution in [0.4, 0.5) is 17.5 Å². The Morgan fingerprint density at radius 3 is 3.07 bits per heavy atom. The summed E-state index contributed by atoms with van der Waals surface area (Å²) in [5, 5.41) is 6.83. The number of ether oxygens (including phenoxy) is 1. The minimum atomic E-state index is -0.345. The van der Waals surface area contributed by atoms with Gasteiger partial charge in [0.15, 0.2) is 5.82 Å². The number of carbonyl (C=O) groups is 1. The molecule has 7 nitrogen and oxygen atoms in total. The number of aromatic nitrogens is 2. The van der Waals surface area contributed by atoms with E-state index in [0.29, 0.717) is 22.4 Å². The van der Waals surface area contributed by atoms with Gasteiger partial charge in [-0.1, -0.05) is 11.6 Å². The molecule has 8 heteroatoms. The monoisotopic (exact) mass is 383 g/mol. The number of esters is 1. The Hall–Kier alpha value is -2.93. The number of benzene rings is 1. The fourth-order valence-corrected chi connectivity index (χ4v) is 3.36. The van der Waals surface area contributed by atoms with Gasteiger partial charge in [-0.15, -0.1) is 0 Å². The highest BCUT2D eigenvalue weighted by Gasteiger charge is 2.19. The summed E-state index contributed by atoms with van der Waals surface area (Å²) in [5.41, 5.74) is 3.21. The van der Waals surface area contributed by atoms with Gasteiger partial charge in [-0.2, -0.15) is 4.98 Å². The molecule has 138 valence electrons. The van der Waals surface area contributed by atoms with Crippen molar-refractivity contribution in [2.24, 2.45) is 10.9 Å². The first-order valence-corrected chi connectivity index (χ1v) is 9.00. The highest BCUT2D eigenvalue weighted by Crippen LogP contribution is 2.29. The molecule has 1 aromatic carbocycles. The first kappa shape index (κ1) is 17.5. The molecule has 0 radical (unpaired) electrons. The van der Waals surface area contributed by atoms with E-state index in [2.05, 4.69) is 25.6 Å². The number of carbonyl (C=O) groups excluding carboxylic acids is 1. The van der Waals surface area contributed by atoms with Gasteiger partial charge >= 0.3 is 5.97 Å². The quantitative estimate of drug-likeness (QED) is 0.725. The van der Waals surface area contributed by atoms with Crippen LogP contribution < -0.4 is 10.6 Å². The third-order valence-corrected chi connectivity index (χ3v) is 4.86. The summed E-state index contributed by atoms with van der Waals surface area (Å²) < 4.78 is 4.92. The first-order valence-electron chi connectivity index (χ1n) is 8.62. The molecule has 2 N–H and O–H groups in total. The van der Waals surface area contributed by atoms with Crippen LogP contribution in [0.3, 0.4) is 0 Å². The molecule has 6 bridgehead atoms. The van der Waals surface area contributed by atoms with Crippen LogP contribution in [0.25, 0.3) is 0 Å². The van der Waals surface area contributed by atoms with Crippen LogP contribution in [0.2, 0.25) is 5.02 Å². The summed E-state index contributed by atoms with van der Waals surface area (Å²) in [6.45, 7) is 0. The van der Waals surface area contributed by atoms with E-state index in [-0.39, 0.29) is 11.9 Å². The summed E-state index contributed by atoms with van der Waals surface area (Å²) in [6, 6.07) is 5.51. The summed E-state index contributed by atoms with van der Waals surface area (Å²) >= 11 is 6.25. The molecular weight excluding hydrogens is 366 g/mol. The predicted molar refractivity (Wildman–Crippen MR) is 105 cm³/mol. The second-order valence-electron chi connectivity index (χ2n) is 6.46. The Kier molecular flexibility index (Phi) is 4.77. The number of fused-ring (bicyclic) bond motifs is 6. The van der Waals surface area contributed by atoms with E-state index in [1.807, 2.05) is 18.3 Å². The van der Waals surface area contributed by atoms with Crippen LogP contribution in [-0.2, 0) is 11.2 Å². The number of allylic oxidation sites excluding steroid dienone is 1. The highest BCUT2D eigenvalue weighted by atomic mass is 35.5. The fraction of sp³-hybridized carbons (Fsp3) is 0.263.